The Balaban J connectivity index is 1.27. The van der Waals surface area contributed by atoms with Crippen LogP contribution in [0.3, 0.4) is 0 Å². The van der Waals surface area contributed by atoms with Gasteiger partial charge in [-0.2, -0.15) is 0 Å². The van der Waals surface area contributed by atoms with Gasteiger partial charge in [0.2, 0.25) is 0 Å². The van der Waals surface area contributed by atoms with Crippen LogP contribution in [0.4, 0.5) is 0 Å². The van der Waals surface area contributed by atoms with Gasteiger partial charge in [-0.15, -0.1) is 0 Å². The van der Waals surface area contributed by atoms with E-state index in [9.17, 15) is 0 Å². The van der Waals surface area contributed by atoms with Crippen molar-refractivity contribution in [1.82, 2.24) is 15.6 Å². The monoisotopic (exact) mass is 395 g/mol. The van der Waals surface area contributed by atoms with Gasteiger partial charge in [-0.3, -0.25) is 9.98 Å². The second-order valence-corrected chi connectivity index (χ2v) is 7.58. The van der Waals surface area contributed by atoms with Gasteiger partial charge in [-0.1, -0.05) is 12.1 Å². The molecule has 6 heteroatoms. The maximum Gasteiger partial charge on any atom is 0.134 e. The molecule has 148 valence electrons. The van der Waals surface area contributed by atoms with Crippen LogP contribution in [0.25, 0.3) is 34.0 Å². The molecule has 0 radical (unpaired) electrons. The molecule has 0 bridgehead atoms. The zero-order valence-corrected chi connectivity index (χ0v) is 16.4. The molecule has 6 rings (SSSR count). The average molecular weight is 395 g/mol. The Bertz CT molecular complexity index is 1250. The number of H-pyrrole nitrogens is 1. The number of rotatable bonds is 4. The van der Waals surface area contributed by atoms with Crippen molar-refractivity contribution in [3.8, 4) is 0 Å². The van der Waals surface area contributed by atoms with Crippen LogP contribution in [-0.2, 0) is 0 Å². The van der Waals surface area contributed by atoms with Crippen LogP contribution in [0.5, 0.6) is 0 Å². The summed E-state index contributed by atoms with van der Waals surface area (Å²) in [6, 6.07) is 16.8. The molecule has 2 aromatic carbocycles. The number of hydrogen-bond acceptors (Lipinski definition) is 5. The molecule has 2 aliphatic rings. The first kappa shape index (κ1) is 17.1. The highest BCUT2D eigenvalue weighted by atomic mass is 16.3. The fourth-order valence-corrected chi connectivity index (χ4v) is 4.03. The van der Waals surface area contributed by atoms with Crippen molar-refractivity contribution < 1.29 is 4.42 Å². The SMILES string of the molecule is C(=C\c1cc2cc(C3=NCCN3)ccc2o1)/c1cc2ccc(C3=NCCN3)cc2[nH]1. The number of nitrogens with zero attached hydrogens (tertiary/aromatic N) is 2. The number of hydrogen-bond donors (Lipinski definition) is 3. The summed E-state index contributed by atoms with van der Waals surface area (Å²) >= 11 is 0. The van der Waals surface area contributed by atoms with Gasteiger partial charge in [0, 0.05) is 46.2 Å². The molecule has 0 aliphatic carbocycles. The van der Waals surface area contributed by atoms with E-state index in [0.717, 1.165) is 76.9 Å². The number of aromatic nitrogens is 1. The number of amidine groups is 2. The molecule has 0 spiro atoms. The molecule has 30 heavy (non-hydrogen) atoms. The molecule has 0 fully saturated rings. The molecule has 4 aromatic rings. The van der Waals surface area contributed by atoms with Crippen LogP contribution in [-0.4, -0.2) is 42.8 Å². The number of aliphatic imine (C=N–C) groups is 2. The van der Waals surface area contributed by atoms with Crippen molar-refractivity contribution in [3.05, 3.63) is 71.1 Å². The first-order valence-electron chi connectivity index (χ1n) is 10.2. The van der Waals surface area contributed by atoms with Crippen LogP contribution in [0.2, 0.25) is 0 Å². The van der Waals surface area contributed by atoms with Crippen LogP contribution in [0.1, 0.15) is 22.6 Å². The Labute approximate surface area is 173 Å². The van der Waals surface area contributed by atoms with Crippen molar-refractivity contribution in [2.75, 3.05) is 26.2 Å². The Morgan fingerprint density at radius 1 is 0.767 bits per heavy atom. The van der Waals surface area contributed by atoms with Crippen LogP contribution in [0.15, 0.2) is 62.9 Å². The summed E-state index contributed by atoms with van der Waals surface area (Å²) in [6.07, 6.45) is 4.05. The molecule has 2 aromatic heterocycles. The topological polar surface area (TPSA) is 77.7 Å². The lowest BCUT2D eigenvalue weighted by Gasteiger charge is -2.01. The molecule has 0 atom stereocenters. The van der Waals surface area contributed by atoms with Gasteiger partial charge >= 0.3 is 0 Å². The van der Waals surface area contributed by atoms with E-state index in [1.54, 1.807) is 0 Å². The molecule has 2 aliphatic heterocycles. The van der Waals surface area contributed by atoms with E-state index in [0.29, 0.717) is 0 Å². The van der Waals surface area contributed by atoms with E-state index in [-0.39, 0.29) is 0 Å². The van der Waals surface area contributed by atoms with Crippen LogP contribution < -0.4 is 10.6 Å². The minimum atomic E-state index is 0.826. The van der Waals surface area contributed by atoms with E-state index >= 15 is 0 Å². The van der Waals surface area contributed by atoms with Gasteiger partial charge in [0.15, 0.2) is 0 Å². The number of furan rings is 1. The Morgan fingerprint density at radius 3 is 2.30 bits per heavy atom. The van der Waals surface area contributed by atoms with Crippen molar-refractivity contribution in [1.29, 1.82) is 0 Å². The lowest BCUT2D eigenvalue weighted by molar-refractivity contribution is 0.604. The molecule has 0 saturated carbocycles. The van der Waals surface area contributed by atoms with E-state index in [1.807, 2.05) is 18.2 Å². The highest BCUT2D eigenvalue weighted by Crippen LogP contribution is 2.24. The largest absolute Gasteiger partial charge is 0.457 e. The predicted molar refractivity (Wildman–Crippen MR) is 122 cm³/mol. The van der Waals surface area contributed by atoms with Crippen LogP contribution >= 0.6 is 0 Å². The first-order chi connectivity index (χ1) is 14.8. The molecule has 0 saturated heterocycles. The van der Waals surface area contributed by atoms with E-state index in [2.05, 4.69) is 68.1 Å². The van der Waals surface area contributed by atoms with Crippen LogP contribution in [0, 0.1) is 0 Å². The van der Waals surface area contributed by atoms with Crippen molar-refractivity contribution >= 4 is 45.7 Å². The summed E-state index contributed by atoms with van der Waals surface area (Å²) in [5, 5.41) is 8.89. The summed E-state index contributed by atoms with van der Waals surface area (Å²) in [7, 11) is 0. The lowest BCUT2D eigenvalue weighted by Crippen LogP contribution is -2.19. The molecular weight excluding hydrogens is 374 g/mol. The zero-order valence-electron chi connectivity index (χ0n) is 16.4. The van der Waals surface area contributed by atoms with Crippen molar-refractivity contribution in [2.45, 2.75) is 0 Å². The minimum absolute atomic E-state index is 0.826. The average Bonchev–Trinajstić information content (AvgIpc) is 3.56. The normalized spacial score (nSPS) is 16.3. The summed E-state index contributed by atoms with van der Waals surface area (Å²) < 4.78 is 5.98. The minimum Gasteiger partial charge on any atom is -0.457 e. The van der Waals surface area contributed by atoms with E-state index in [4.69, 9.17) is 4.42 Å². The van der Waals surface area contributed by atoms with Gasteiger partial charge < -0.3 is 20.0 Å². The van der Waals surface area contributed by atoms with E-state index < -0.39 is 0 Å². The third-order valence-electron chi connectivity index (χ3n) is 5.50. The third-order valence-corrected chi connectivity index (χ3v) is 5.50. The van der Waals surface area contributed by atoms with Gasteiger partial charge in [0.25, 0.3) is 0 Å². The first-order valence-corrected chi connectivity index (χ1v) is 10.2. The summed E-state index contributed by atoms with van der Waals surface area (Å²) in [4.78, 5) is 12.5. The third kappa shape index (κ3) is 3.06. The zero-order chi connectivity index (χ0) is 19.9. The molecule has 6 nitrogen and oxygen atoms in total. The van der Waals surface area contributed by atoms with Crippen molar-refractivity contribution in [2.24, 2.45) is 9.98 Å². The fourth-order valence-electron chi connectivity index (χ4n) is 4.03. The molecule has 0 amide bonds. The second kappa shape index (κ2) is 6.91. The Morgan fingerprint density at radius 2 is 1.53 bits per heavy atom. The molecular formula is C24H21N5O. The molecule has 0 unspecified atom stereocenters. The Kier molecular flexibility index (Phi) is 3.94. The smallest absolute Gasteiger partial charge is 0.134 e. The van der Waals surface area contributed by atoms with E-state index in [1.165, 1.54) is 5.39 Å². The van der Waals surface area contributed by atoms with Gasteiger partial charge in [-0.25, -0.2) is 0 Å². The molecule has 3 N–H and O–H groups in total. The highest BCUT2D eigenvalue weighted by molar-refractivity contribution is 6.03. The maximum absolute atomic E-state index is 5.98. The quantitative estimate of drug-likeness (QED) is 0.492. The summed E-state index contributed by atoms with van der Waals surface area (Å²) in [5.74, 6) is 2.77. The number of aromatic amines is 1. The number of benzene rings is 2. The maximum atomic E-state index is 5.98. The second-order valence-electron chi connectivity index (χ2n) is 7.58. The fraction of sp³-hybridized carbons (Fsp3) is 0.167. The number of nitrogens with one attached hydrogen (secondary N) is 3. The molecule has 4 heterocycles. The lowest BCUT2D eigenvalue weighted by atomic mass is 10.1. The standard InChI is InChI=1S/C24H21N5O/c1-2-17(24-27-9-10-28-24)14-21-15(1)12-19(29-21)4-5-20-13-18-11-16(3-6-22(18)30-20)23-25-7-8-26-23/h1-6,11-14,29H,7-10H2,(H,25,26)(H,27,28)/b5-4+. The highest BCUT2D eigenvalue weighted by Gasteiger charge is 2.11. The Hall–Kier alpha value is -3.80. The van der Waals surface area contributed by atoms with Crippen molar-refractivity contribution in [3.63, 3.8) is 0 Å². The summed E-state index contributed by atoms with van der Waals surface area (Å²) in [6.45, 7) is 3.50. The van der Waals surface area contributed by atoms with Gasteiger partial charge in [0.1, 0.15) is 23.0 Å². The predicted octanol–water partition coefficient (Wildman–Crippen LogP) is 3.78. The number of fused-ring (bicyclic) bond motifs is 2. The summed E-state index contributed by atoms with van der Waals surface area (Å²) in [5.41, 5.74) is 5.23. The van der Waals surface area contributed by atoms with Gasteiger partial charge in [-0.05, 0) is 48.6 Å². The van der Waals surface area contributed by atoms with Gasteiger partial charge in [0.05, 0.1) is 13.1 Å².